The van der Waals surface area contributed by atoms with Crippen molar-refractivity contribution in [2.75, 3.05) is 9.80 Å². The van der Waals surface area contributed by atoms with E-state index in [2.05, 4.69) is 180 Å². The Bertz CT molecular complexity index is 2220. The van der Waals surface area contributed by atoms with Crippen molar-refractivity contribution in [3.05, 3.63) is 160 Å². The van der Waals surface area contributed by atoms with Crippen molar-refractivity contribution in [3.63, 3.8) is 0 Å². The highest BCUT2D eigenvalue weighted by molar-refractivity contribution is 5.93. The third-order valence-corrected chi connectivity index (χ3v) is 12.3. The molecular weight excluding hydrogens is 593 g/mol. The molecule has 244 valence electrons. The summed E-state index contributed by atoms with van der Waals surface area (Å²) >= 11 is 0. The molecule has 1 aliphatic carbocycles. The second-order valence-corrected chi connectivity index (χ2v) is 16.5. The summed E-state index contributed by atoms with van der Waals surface area (Å²) in [5, 5.41) is 0. The quantitative estimate of drug-likeness (QED) is 0.193. The van der Waals surface area contributed by atoms with Gasteiger partial charge in [0, 0.05) is 44.9 Å². The van der Waals surface area contributed by atoms with Crippen LogP contribution in [0.3, 0.4) is 0 Å². The SMILES string of the molecule is Cc1cc(C)cc(N(c2ccc(-c3ccccc3)cc2)c2cc3c4c(c2)C(C)(C)c2cccc5c2N4C2=C(C=CCC2C5(C)C)C3(C)C)c1. The molecular formula is C47H46N2. The van der Waals surface area contributed by atoms with Crippen LogP contribution in [0.5, 0.6) is 0 Å². The van der Waals surface area contributed by atoms with E-state index in [1.165, 1.54) is 84.2 Å². The molecule has 4 aliphatic rings. The Morgan fingerprint density at radius 2 is 1.16 bits per heavy atom. The summed E-state index contributed by atoms with van der Waals surface area (Å²) in [6, 6.07) is 38.9. The number of anilines is 5. The van der Waals surface area contributed by atoms with Gasteiger partial charge in [0.25, 0.3) is 0 Å². The van der Waals surface area contributed by atoms with E-state index in [1.807, 2.05) is 0 Å². The molecule has 9 rings (SSSR count). The normalized spacial score (nSPS) is 19.8. The molecule has 5 aromatic rings. The van der Waals surface area contributed by atoms with Crippen LogP contribution in [0.25, 0.3) is 11.1 Å². The van der Waals surface area contributed by atoms with Crippen LogP contribution >= 0.6 is 0 Å². The number of hydrogen-bond acceptors (Lipinski definition) is 2. The number of aryl methyl sites for hydroxylation is 2. The fourth-order valence-electron chi connectivity index (χ4n) is 9.69. The summed E-state index contributed by atoms with van der Waals surface area (Å²) in [7, 11) is 0. The maximum absolute atomic E-state index is 2.72. The number of rotatable bonds is 4. The molecule has 0 amide bonds. The van der Waals surface area contributed by atoms with E-state index in [4.69, 9.17) is 0 Å². The fraction of sp³-hybridized carbons (Fsp3) is 0.277. The van der Waals surface area contributed by atoms with Crippen LogP contribution in [-0.2, 0) is 16.2 Å². The lowest BCUT2D eigenvalue weighted by atomic mass is 9.57. The van der Waals surface area contributed by atoms with Gasteiger partial charge in [-0.3, -0.25) is 0 Å². The Labute approximate surface area is 292 Å². The smallest absolute Gasteiger partial charge is 0.0542 e. The van der Waals surface area contributed by atoms with Crippen LogP contribution in [0.1, 0.15) is 81.3 Å². The van der Waals surface area contributed by atoms with E-state index in [0.717, 1.165) is 6.42 Å². The summed E-state index contributed by atoms with van der Waals surface area (Å²) in [4.78, 5) is 5.21. The van der Waals surface area contributed by atoms with Crippen molar-refractivity contribution in [3.8, 4) is 11.1 Å². The lowest BCUT2D eigenvalue weighted by molar-refractivity contribution is 0.335. The van der Waals surface area contributed by atoms with Crippen LogP contribution in [0.15, 0.2) is 127 Å². The van der Waals surface area contributed by atoms with Gasteiger partial charge >= 0.3 is 0 Å². The zero-order valence-corrected chi connectivity index (χ0v) is 30.1. The minimum Gasteiger partial charge on any atom is -0.312 e. The van der Waals surface area contributed by atoms with Gasteiger partial charge in [0.1, 0.15) is 0 Å². The van der Waals surface area contributed by atoms with Crippen LogP contribution < -0.4 is 9.80 Å². The molecule has 0 fully saturated rings. The first-order chi connectivity index (χ1) is 23.4. The van der Waals surface area contributed by atoms with Crippen LogP contribution in [0.2, 0.25) is 0 Å². The first-order valence-electron chi connectivity index (χ1n) is 18.0. The number of allylic oxidation sites excluding steroid dienone is 4. The number of para-hydroxylation sites is 1. The Morgan fingerprint density at radius 3 is 1.86 bits per heavy atom. The van der Waals surface area contributed by atoms with Crippen LogP contribution in [0, 0.1) is 19.8 Å². The van der Waals surface area contributed by atoms with Gasteiger partial charge in [-0.2, -0.15) is 0 Å². The predicted molar refractivity (Wildman–Crippen MR) is 207 cm³/mol. The van der Waals surface area contributed by atoms with Gasteiger partial charge < -0.3 is 9.80 Å². The third kappa shape index (κ3) is 4.13. The molecule has 1 atom stereocenters. The molecule has 3 heterocycles. The standard InChI is InChI=1S/C47H46N2/c1-29-24-30(2)26-34(25-29)48(33-22-20-32(21-23-33)31-14-10-9-11-15-31)35-27-40-44-41(28-35)47(7,8)39-19-13-17-37-43(39)49(44)42-36(45(37,3)4)16-12-18-38(42)46(40,5)6/h9-16,18-28,37H,17H2,1-8H3. The molecule has 0 bridgehead atoms. The summed E-state index contributed by atoms with van der Waals surface area (Å²) < 4.78 is 0. The average molecular weight is 639 g/mol. The summed E-state index contributed by atoms with van der Waals surface area (Å²) in [5.41, 5.74) is 19.8. The lowest BCUT2D eigenvalue weighted by Crippen LogP contribution is -2.50. The van der Waals surface area contributed by atoms with Gasteiger partial charge in [0.15, 0.2) is 0 Å². The highest BCUT2D eigenvalue weighted by Gasteiger charge is 2.55. The van der Waals surface area contributed by atoms with E-state index in [-0.39, 0.29) is 16.2 Å². The first kappa shape index (κ1) is 30.3. The van der Waals surface area contributed by atoms with E-state index in [0.29, 0.717) is 5.92 Å². The van der Waals surface area contributed by atoms with E-state index in [9.17, 15) is 0 Å². The van der Waals surface area contributed by atoms with Gasteiger partial charge in [0.2, 0.25) is 0 Å². The van der Waals surface area contributed by atoms with Crippen molar-refractivity contribution in [1.82, 2.24) is 0 Å². The van der Waals surface area contributed by atoms with Gasteiger partial charge in [-0.15, -0.1) is 0 Å². The zero-order chi connectivity index (χ0) is 34.0. The second-order valence-electron chi connectivity index (χ2n) is 16.5. The van der Waals surface area contributed by atoms with E-state index in [1.54, 1.807) is 0 Å². The van der Waals surface area contributed by atoms with Gasteiger partial charge in [0.05, 0.1) is 11.4 Å². The topological polar surface area (TPSA) is 6.48 Å². The van der Waals surface area contributed by atoms with E-state index < -0.39 is 0 Å². The molecule has 1 unspecified atom stereocenters. The number of benzene rings is 5. The highest BCUT2D eigenvalue weighted by Crippen LogP contribution is 2.66. The van der Waals surface area contributed by atoms with Crippen LogP contribution in [0.4, 0.5) is 28.4 Å². The fourth-order valence-corrected chi connectivity index (χ4v) is 9.69. The predicted octanol–water partition coefficient (Wildman–Crippen LogP) is 12.6. The molecule has 5 aromatic carbocycles. The van der Waals surface area contributed by atoms with Gasteiger partial charge in [-0.05, 0) is 107 Å². The van der Waals surface area contributed by atoms with Crippen molar-refractivity contribution in [2.24, 2.45) is 5.92 Å². The molecule has 0 saturated carbocycles. The Morgan fingerprint density at radius 1 is 0.571 bits per heavy atom. The minimum absolute atomic E-state index is 0.0417. The molecule has 0 aromatic heterocycles. The summed E-state index contributed by atoms with van der Waals surface area (Å²) in [6.07, 6.45) is 5.98. The van der Waals surface area contributed by atoms with Crippen molar-refractivity contribution < 1.29 is 0 Å². The Hall–Kier alpha value is -4.82. The molecule has 2 heteroatoms. The molecule has 0 radical (unpaired) electrons. The molecule has 2 nitrogen and oxygen atoms in total. The van der Waals surface area contributed by atoms with Crippen molar-refractivity contribution in [1.29, 1.82) is 0 Å². The molecule has 0 saturated heterocycles. The van der Waals surface area contributed by atoms with Crippen molar-refractivity contribution >= 4 is 28.4 Å². The number of hydrogen-bond donors (Lipinski definition) is 0. The largest absolute Gasteiger partial charge is 0.312 e. The molecule has 0 N–H and O–H groups in total. The molecule has 49 heavy (non-hydrogen) atoms. The minimum atomic E-state index is -0.186. The Kier molecular flexibility index (Phi) is 6.24. The summed E-state index contributed by atoms with van der Waals surface area (Å²) in [5.74, 6) is 0.436. The monoisotopic (exact) mass is 638 g/mol. The van der Waals surface area contributed by atoms with Gasteiger partial charge in [-0.1, -0.05) is 120 Å². The lowest BCUT2D eigenvalue weighted by Gasteiger charge is -2.58. The maximum Gasteiger partial charge on any atom is 0.0542 e. The molecule has 3 aliphatic heterocycles. The second kappa shape index (κ2) is 10.1. The van der Waals surface area contributed by atoms with Gasteiger partial charge in [-0.25, -0.2) is 0 Å². The van der Waals surface area contributed by atoms with E-state index >= 15 is 0 Å². The third-order valence-electron chi connectivity index (χ3n) is 12.3. The number of nitrogens with zero attached hydrogens (tertiary/aromatic N) is 2. The zero-order valence-electron chi connectivity index (χ0n) is 30.1. The summed E-state index contributed by atoms with van der Waals surface area (Å²) in [6.45, 7) is 19.2. The Balaban J connectivity index is 1.33. The maximum atomic E-state index is 2.72. The highest BCUT2D eigenvalue weighted by atomic mass is 15.2. The van der Waals surface area contributed by atoms with Crippen LogP contribution in [-0.4, -0.2) is 0 Å². The average Bonchev–Trinajstić information content (AvgIpc) is 3.08. The molecule has 0 spiro atoms. The van der Waals surface area contributed by atoms with Crippen molar-refractivity contribution in [2.45, 2.75) is 78.1 Å². The first-order valence-corrected chi connectivity index (χ1v) is 18.0.